The predicted octanol–water partition coefficient (Wildman–Crippen LogP) is 2.10. The number of aliphatic hydroxyl groups is 1. The third-order valence-electron chi connectivity index (χ3n) is 3.48. The number of halogens is 1. The van der Waals surface area contributed by atoms with Gasteiger partial charge in [0.2, 0.25) is 0 Å². The van der Waals surface area contributed by atoms with E-state index in [9.17, 15) is 9.18 Å². The predicted molar refractivity (Wildman–Crippen MR) is 65.2 cm³/mol. The monoisotopic (exact) mass is 253 g/mol. The van der Waals surface area contributed by atoms with E-state index in [0.29, 0.717) is 18.7 Å². The summed E-state index contributed by atoms with van der Waals surface area (Å²) < 4.78 is 13.4. The third kappa shape index (κ3) is 2.61. The Balaban J connectivity index is 2.10. The highest BCUT2D eigenvalue weighted by molar-refractivity contribution is 5.94. The van der Waals surface area contributed by atoms with Gasteiger partial charge in [-0.1, -0.05) is 6.07 Å². The van der Waals surface area contributed by atoms with Crippen molar-refractivity contribution < 1.29 is 19.4 Å². The molecule has 1 aliphatic rings. The van der Waals surface area contributed by atoms with Crippen molar-refractivity contribution in [1.29, 1.82) is 0 Å². The summed E-state index contributed by atoms with van der Waals surface area (Å²) in [7, 11) is 0. The van der Waals surface area contributed by atoms with Crippen molar-refractivity contribution in [1.82, 2.24) is 0 Å². The molecule has 98 valence electrons. The van der Waals surface area contributed by atoms with Gasteiger partial charge in [0.1, 0.15) is 11.4 Å². The van der Waals surface area contributed by atoms with Gasteiger partial charge in [-0.05, 0) is 36.8 Å². The lowest BCUT2D eigenvalue weighted by atomic mass is 10.0. The molecule has 1 aliphatic carbocycles. The molecule has 0 radical (unpaired) electrons. The zero-order chi connectivity index (χ0) is 13.2. The second kappa shape index (κ2) is 4.94. The van der Waals surface area contributed by atoms with Gasteiger partial charge in [0.05, 0.1) is 5.69 Å². The highest BCUT2D eigenvalue weighted by Gasteiger charge is 2.41. The number of aliphatic hydroxyl groups excluding tert-OH is 1. The molecule has 0 spiro atoms. The Labute approximate surface area is 104 Å². The Morgan fingerprint density at radius 2 is 2.17 bits per heavy atom. The number of rotatable bonds is 6. The minimum atomic E-state index is -1.28. The van der Waals surface area contributed by atoms with Crippen LogP contribution in [0, 0.1) is 11.2 Å². The molecule has 18 heavy (non-hydrogen) atoms. The first kappa shape index (κ1) is 12.8. The highest BCUT2D eigenvalue weighted by Crippen LogP contribution is 2.48. The van der Waals surface area contributed by atoms with Gasteiger partial charge in [-0.3, -0.25) is 0 Å². The van der Waals surface area contributed by atoms with Gasteiger partial charge in [0, 0.05) is 13.2 Å². The van der Waals surface area contributed by atoms with Crippen LogP contribution in [0.25, 0.3) is 0 Å². The number of aromatic carboxylic acids is 1. The first-order valence-corrected chi connectivity index (χ1v) is 5.94. The van der Waals surface area contributed by atoms with E-state index in [0.717, 1.165) is 18.9 Å². The van der Waals surface area contributed by atoms with Gasteiger partial charge < -0.3 is 15.5 Å². The maximum Gasteiger partial charge on any atom is 0.340 e. The number of anilines is 1. The molecule has 0 atom stereocenters. The molecule has 1 saturated carbocycles. The van der Waals surface area contributed by atoms with Crippen molar-refractivity contribution in [2.75, 3.05) is 18.5 Å². The maximum absolute atomic E-state index is 13.4. The first-order valence-electron chi connectivity index (χ1n) is 5.94. The summed E-state index contributed by atoms with van der Waals surface area (Å²) in [5.74, 6) is -2.01. The van der Waals surface area contributed by atoms with Crippen molar-refractivity contribution >= 4 is 11.7 Å². The molecule has 4 nitrogen and oxygen atoms in total. The van der Waals surface area contributed by atoms with E-state index in [1.165, 1.54) is 6.07 Å². The average Bonchev–Trinajstić information content (AvgIpc) is 3.07. The van der Waals surface area contributed by atoms with Crippen LogP contribution in [-0.2, 0) is 0 Å². The van der Waals surface area contributed by atoms with Crippen molar-refractivity contribution in [2.24, 2.45) is 5.41 Å². The molecule has 2 rings (SSSR count). The van der Waals surface area contributed by atoms with Crippen LogP contribution in [0.15, 0.2) is 18.2 Å². The molecule has 0 bridgehead atoms. The van der Waals surface area contributed by atoms with Crippen molar-refractivity contribution in [3.63, 3.8) is 0 Å². The SMILES string of the molecule is O=C(O)c1c(F)cccc1NCC1(CCO)CC1. The highest BCUT2D eigenvalue weighted by atomic mass is 19.1. The third-order valence-corrected chi connectivity index (χ3v) is 3.48. The summed E-state index contributed by atoms with van der Waals surface area (Å²) in [4.78, 5) is 11.0. The quantitative estimate of drug-likeness (QED) is 0.726. The van der Waals surface area contributed by atoms with E-state index in [1.54, 1.807) is 6.07 Å². The Bertz CT molecular complexity index is 458. The van der Waals surface area contributed by atoms with Crippen LogP contribution in [0.1, 0.15) is 29.6 Å². The largest absolute Gasteiger partial charge is 0.478 e. The van der Waals surface area contributed by atoms with Crippen LogP contribution < -0.4 is 5.32 Å². The van der Waals surface area contributed by atoms with Crippen LogP contribution in [0.2, 0.25) is 0 Å². The number of nitrogens with one attached hydrogen (secondary N) is 1. The fourth-order valence-corrected chi connectivity index (χ4v) is 2.10. The zero-order valence-corrected chi connectivity index (χ0v) is 9.95. The van der Waals surface area contributed by atoms with E-state index < -0.39 is 11.8 Å². The summed E-state index contributed by atoms with van der Waals surface area (Å²) >= 11 is 0. The number of carboxylic acid groups (broad SMARTS) is 1. The maximum atomic E-state index is 13.4. The van der Waals surface area contributed by atoms with E-state index in [1.807, 2.05) is 0 Å². The lowest BCUT2D eigenvalue weighted by molar-refractivity contribution is 0.0693. The van der Waals surface area contributed by atoms with E-state index in [-0.39, 0.29) is 17.6 Å². The second-order valence-electron chi connectivity index (χ2n) is 4.79. The molecule has 0 amide bonds. The minimum Gasteiger partial charge on any atom is -0.478 e. The van der Waals surface area contributed by atoms with Gasteiger partial charge in [0.25, 0.3) is 0 Å². The lowest BCUT2D eigenvalue weighted by Gasteiger charge is -2.17. The molecule has 0 heterocycles. The summed E-state index contributed by atoms with van der Waals surface area (Å²) in [6.45, 7) is 0.688. The standard InChI is InChI=1S/C13H16FNO3/c14-9-2-1-3-10(11(9)12(17)18)15-8-13(4-5-13)6-7-16/h1-3,15-16H,4-8H2,(H,17,18). The Hall–Kier alpha value is -1.62. The molecule has 3 N–H and O–H groups in total. The van der Waals surface area contributed by atoms with Gasteiger partial charge in [0.15, 0.2) is 0 Å². The van der Waals surface area contributed by atoms with Crippen LogP contribution in [0.5, 0.6) is 0 Å². The number of hydrogen-bond donors (Lipinski definition) is 3. The molecule has 5 heteroatoms. The van der Waals surface area contributed by atoms with Crippen LogP contribution in [0.4, 0.5) is 10.1 Å². The molecule has 1 fully saturated rings. The zero-order valence-electron chi connectivity index (χ0n) is 9.95. The Kier molecular flexibility index (Phi) is 3.52. The molecular weight excluding hydrogens is 237 g/mol. The first-order chi connectivity index (χ1) is 8.58. The summed E-state index contributed by atoms with van der Waals surface area (Å²) in [6.07, 6.45) is 2.72. The van der Waals surface area contributed by atoms with Crippen molar-refractivity contribution in [2.45, 2.75) is 19.3 Å². The Morgan fingerprint density at radius 3 is 2.72 bits per heavy atom. The molecule has 0 aliphatic heterocycles. The van der Waals surface area contributed by atoms with Crippen LogP contribution in [0.3, 0.4) is 0 Å². The molecule has 0 aromatic heterocycles. The average molecular weight is 253 g/mol. The summed E-state index contributed by atoms with van der Waals surface area (Å²) in [5, 5.41) is 20.9. The number of hydrogen-bond acceptors (Lipinski definition) is 3. The van der Waals surface area contributed by atoms with Crippen LogP contribution in [-0.4, -0.2) is 29.3 Å². The molecule has 0 saturated heterocycles. The van der Waals surface area contributed by atoms with Gasteiger partial charge in [-0.25, -0.2) is 9.18 Å². The lowest BCUT2D eigenvalue weighted by Crippen LogP contribution is -2.18. The van der Waals surface area contributed by atoms with Crippen LogP contribution >= 0.6 is 0 Å². The van der Waals surface area contributed by atoms with E-state index >= 15 is 0 Å². The summed E-state index contributed by atoms with van der Waals surface area (Å²) in [6, 6.07) is 4.17. The van der Waals surface area contributed by atoms with Crippen molar-refractivity contribution in [3.05, 3.63) is 29.6 Å². The number of benzene rings is 1. The molecular formula is C13H16FNO3. The fourth-order valence-electron chi connectivity index (χ4n) is 2.10. The van der Waals surface area contributed by atoms with Gasteiger partial charge >= 0.3 is 5.97 Å². The second-order valence-corrected chi connectivity index (χ2v) is 4.79. The number of carbonyl (C=O) groups is 1. The van der Waals surface area contributed by atoms with E-state index in [4.69, 9.17) is 10.2 Å². The molecule has 1 aromatic carbocycles. The smallest absolute Gasteiger partial charge is 0.340 e. The van der Waals surface area contributed by atoms with Gasteiger partial charge in [-0.2, -0.15) is 0 Å². The minimum absolute atomic E-state index is 0.0524. The number of carboxylic acids is 1. The van der Waals surface area contributed by atoms with Crippen molar-refractivity contribution in [3.8, 4) is 0 Å². The molecule has 1 aromatic rings. The topological polar surface area (TPSA) is 69.6 Å². The normalized spacial score (nSPS) is 16.3. The Morgan fingerprint density at radius 1 is 1.44 bits per heavy atom. The summed E-state index contributed by atoms with van der Waals surface area (Å²) in [5.41, 5.74) is 0.0284. The van der Waals surface area contributed by atoms with Gasteiger partial charge in [-0.15, -0.1) is 0 Å². The van der Waals surface area contributed by atoms with E-state index in [2.05, 4.69) is 5.32 Å². The molecule has 0 unspecified atom stereocenters. The fraction of sp³-hybridized carbons (Fsp3) is 0.462.